The molecule has 244 valence electrons. The van der Waals surface area contributed by atoms with E-state index in [4.69, 9.17) is 14.2 Å². The molecule has 46 heavy (non-hydrogen) atoms. The second kappa shape index (κ2) is 17.8. The summed E-state index contributed by atoms with van der Waals surface area (Å²) in [6, 6.07) is 20.4. The molecule has 3 aromatic rings. The second-order valence-electron chi connectivity index (χ2n) is 11.6. The third kappa shape index (κ3) is 10.8. The fourth-order valence-corrected chi connectivity index (χ4v) is 5.18. The number of ketones is 1. The zero-order valence-electron chi connectivity index (χ0n) is 26.8. The maximum atomic E-state index is 13.4. The fraction of sp³-hybridized carbons (Fsp3) is 0.405. The van der Waals surface area contributed by atoms with Crippen LogP contribution in [-0.2, 0) is 20.9 Å². The minimum Gasteiger partial charge on any atom is -0.494 e. The molecule has 0 aliphatic carbocycles. The van der Waals surface area contributed by atoms with Crippen molar-refractivity contribution in [3.63, 3.8) is 0 Å². The van der Waals surface area contributed by atoms with Gasteiger partial charge in [-0.05, 0) is 92.4 Å². The predicted octanol–water partition coefficient (Wildman–Crippen LogP) is 6.85. The standard InChI is InChI=1S/C37H44N2O7/c1-3-4-5-6-7-22-45-33-18-12-31(13-19-33)37(43)46-34-16-8-28(9-17-34)26-39(25-27(2)40)36(42)30-10-14-32(15-11-30)38-35(41)29-20-23-44-24-21-29/h8-19,29H,3-7,20-26H2,1-2H3,(H,38,41). The summed E-state index contributed by atoms with van der Waals surface area (Å²) in [6.45, 7) is 5.57. The summed E-state index contributed by atoms with van der Waals surface area (Å²) >= 11 is 0. The Morgan fingerprint density at radius 1 is 0.804 bits per heavy atom. The molecule has 0 radical (unpaired) electrons. The van der Waals surface area contributed by atoms with E-state index in [1.165, 1.54) is 31.1 Å². The fourth-order valence-electron chi connectivity index (χ4n) is 5.18. The topological polar surface area (TPSA) is 111 Å². The number of benzene rings is 3. The van der Waals surface area contributed by atoms with E-state index >= 15 is 0 Å². The van der Waals surface area contributed by atoms with Crippen molar-refractivity contribution in [2.75, 3.05) is 31.7 Å². The van der Waals surface area contributed by atoms with Crippen molar-refractivity contribution in [2.24, 2.45) is 5.92 Å². The van der Waals surface area contributed by atoms with E-state index in [9.17, 15) is 19.2 Å². The molecule has 1 heterocycles. The van der Waals surface area contributed by atoms with Crippen LogP contribution in [0.3, 0.4) is 0 Å². The van der Waals surface area contributed by atoms with Crippen LogP contribution in [0.1, 0.15) is 85.1 Å². The van der Waals surface area contributed by atoms with Crippen molar-refractivity contribution in [2.45, 2.75) is 65.3 Å². The lowest BCUT2D eigenvalue weighted by Crippen LogP contribution is -2.34. The van der Waals surface area contributed by atoms with Crippen LogP contribution >= 0.6 is 0 Å². The molecule has 0 atom stereocenters. The Hall–Kier alpha value is -4.50. The molecule has 2 amide bonds. The van der Waals surface area contributed by atoms with Crippen LogP contribution in [0.15, 0.2) is 72.8 Å². The Labute approximate surface area is 271 Å². The highest BCUT2D eigenvalue weighted by Gasteiger charge is 2.22. The number of carbonyl (C=O) groups is 4. The van der Waals surface area contributed by atoms with E-state index in [0.29, 0.717) is 61.0 Å². The zero-order chi connectivity index (χ0) is 32.7. The second-order valence-corrected chi connectivity index (χ2v) is 11.6. The van der Waals surface area contributed by atoms with Crippen LogP contribution in [0.2, 0.25) is 0 Å². The minimum atomic E-state index is -0.486. The van der Waals surface area contributed by atoms with Gasteiger partial charge < -0.3 is 24.4 Å². The molecule has 1 N–H and O–H groups in total. The number of unbranched alkanes of at least 4 members (excludes halogenated alkanes) is 4. The average molecular weight is 629 g/mol. The van der Waals surface area contributed by atoms with Gasteiger partial charge in [-0.2, -0.15) is 0 Å². The van der Waals surface area contributed by atoms with Crippen molar-refractivity contribution in [1.82, 2.24) is 4.90 Å². The van der Waals surface area contributed by atoms with Gasteiger partial charge in [0, 0.05) is 36.9 Å². The van der Waals surface area contributed by atoms with Crippen LogP contribution in [0.5, 0.6) is 11.5 Å². The number of hydrogen-bond donors (Lipinski definition) is 1. The number of hydrogen-bond acceptors (Lipinski definition) is 7. The lowest BCUT2D eigenvalue weighted by Gasteiger charge is -2.22. The van der Waals surface area contributed by atoms with Gasteiger partial charge in [-0.25, -0.2) is 4.79 Å². The van der Waals surface area contributed by atoms with Gasteiger partial charge in [-0.3, -0.25) is 14.4 Å². The van der Waals surface area contributed by atoms with Gasteiger partial charge in [0.1, 0.15) is 17.3 Å². The summed E-state index contributed by atoms with van der Waals surface area (Å²) < 4.78 is 16.6. The first-order valence-corrected chi connectivity index (χ1v) is 16.1. The van der Waals surface area contributed by atoms with Gasteiger partial charge in [0.2, 0.25) is 5.91 Å². The third-order valence-electron chi connectivity index (χ3n) is 7.81. The molecule has 4 rings (SSSR count). The highest BCUT2D eigenvalue weighted by atomic mass is 16.5. The molecule has 0 unspecified atom stereocenters. The third-order valence-corrected chi connectivity index (χ3v) is 7.81. The first-order valence-electron chi connectivity index (χ1n) is 16.1. The molecule has 1 fully saturated rings. The van der Waals surface area contributed by atoms with Crippen LogP contribution in [0, 0.1) is 5.92 Å². The Morgan fingerprint density at radius 3 is 2.09 bits per heavy atom. The van der Waals surface area contributed by atoms with Crippen LogP contribution in [0.4, 0.5) is 5.69 Å². The SMILES string of the molecule is CCCCCCCOc1ccc(C(=O)Oc2ccc(CN(CC(C)=O)C(=O)c3ccc(NC(=O)C4CCOCC4)cc3)cc2)cc1. The van der Waals surface area contributed by atoms with Crippen LogP contribution in [0.25, 0.3) is 0 Å². The van der Waals surface area contributed by atoms with E-state index < -0.39 is 5.97 Å². The Kier molecular flexibility index (Phi) is 13.3. The molecule has 9 heteroatoms. The maximum absolute atomic E-state index is 13.4. The van der Waals surface area contributed by atoms with E-state index in [-0.39, 0.29) is 36.6 Å². The van der Waals surface area contributed by atoms with Crippen molar-refractivity contribution in [3.05, 3.63) is 89.5 Å². The van der Waals surface area contributed by atoms with Crippen LogP contribution in [-0.4, -0.2) is 54.8 Å². The number of Topliss-reactive ketones (excluding diaryl/α,β-unsaturated/α-hetero) is 1. The lowest BCUT2D eigenvalue weighted by atomic mass is 9.99. The maximum Gasteiger partial charge on any atom is 0.343 e. The smallest absolute Gasteiger partial charge is 0.343 e. The summed E-state index contributed by atoms with van der Waals surface area (Å²) in [5.74, 6) is -0.00391. The van der Waals surface area contributed by atoms with E-state index in [1.807, 2.05) is 0 Å². The highest BCUT2D eigenvalue weighted by molar-refractivity contribution is 5.98. The summed E-state index contributed by atoms with van der Waals surface area (Å²) in [7, 11) is 0. The Morgan fingerprint density at radius 2 is 1.43 bits per heavy atom. The molecule has 1 aliphatic rings. The number of amides is 2. The van der Waals surface area contributed by atoms with Crippen molar-refractivity contribution in [1.29, 1.82) is 0 Å². The number of carbonyl (C=O) groups excluding carboxylic acids is 4. The molecule has 3 aromatic carbocycles. The van der Waals surface area contributed by atoms with Gasteiger partial charge in [0.05, 0.1) is 18.7 Å². The van der Waals surface area contributed by atoms with Crippen molar-refractivity contribution >= 4 is 29.3 Å². The van der Waals surface area contributed by atoms with Gasteiger partial charge >= 0.3 is 5.97 Å². The summed E-state index contributed by atoms with van der Waals surface area (Å²) in [5.41, 5.74) is 2.19. The first-order chi connectivity index (χ1) is 22.3. The quantitative estimate of drug-likeness (QED) is 0.105. The largest absolute Gasteiger partial charge is 0.494 e. The monoisotopic (exact) mass is 628 g/mol. The number of nitrogens with zero attached hydrogens (tertiary/aromatic N) is 1. The summed E-state index contributed by atoms with van der Waals surface area (Å²) in [5, 5.41) is 2.91. The summed E-state index contributed by atoms with van der Waals surface area (Å²) in [6.07, 6.45) is 7.20. The Bertz CT molecular complexity index is 1430. The van der Waals surface area contributed by atoms with Crippen molar-refractivity contribution < 1.29 is 33.4 Å². The van der Waals surface area contributed by atoms with Gasteiger partial charge in [0.25, 0.3) is 5.91 Å². The zero-order valence-corrected chi connectivity index (χ0v) is 26.8. The molecular formula is C37H44N2O7. The normalized spacial score (nSPS) is 13.1. The van der Waals surface area contributed by atoms with Crippen molar-refractivity contribution in [3.8, 4) is 11.5 Å². The van der Waals surface area contributed by atoms with Gasteiger partial charge in [0.15, 0.2) is 0 Å². The van der Waals surface area contributed by atoms with Crippen LogP contribution < -0.4 is 14.8 Å². The number of nitrogens with one attached hydrogen (secondary N) is 1. The number of esters is 1. The first kappa shape index (κ1) is 34.4. The van der Waals surface area contributed by atoms with E-state index in [2.05, 4.69) is 12.2 Å². The molecule has 1 aliphatic heterocycles. The molecular weight excluding hydrogens is 584 g/mol. The lowest BCUT2D eigenvalue weighted by molar-refractivity contribution is -0.122. The molecule has 9 nitrogen and oxygen atoms in total. The average Bonchev–Trinajstić information content (AvgIpc) is 3.07. The molecule has 0 saturated carbocycles. The Balaban J connectivity index is 1.29. The highest BCUT2D eigenvalue weighted by Crippen LogP contribution is 2.21. The molecule has 1 saturated heterocycles. The summed E-state index contributed by atoms with van der Waals surface area (Å²) in [4.78, 5) is 52.1. The number of ether oxygens (including phenoxy) is 3. The van der Waals surface area contributed by atoms with E-state index in [0.717, 1.165) is 18.4 Å². The minimum absolute atomic E-state index is 0.0546. The van der Waals surface area contributed by atoms with E-state index in [1.54, 1.807) is 72.8 Å². The van der Waals surface area contributed by atoms with Gasteiger partial charge in [-0.1, -0.05) is 44.7 Å². The molecule has 0 spiro atoms. The number of anilines is 1. The molecule has 0 bridgehead atoms. The number of rotatable bonds is 16. The van der Waals surface area contributed by atoms with Gasteiger partial charge in [-0.15, -0.1) is 0 Å². The molecule has 0 aromatic heterocycles. The predicted molar refractivity (Wildman–Crippen MR) is 176 cm³/mol.